The van der Waals surface area contributed by atoms with Crippen LogP contribution in [0.15, 0.2) is 78.9 Å². The van der Waals surface area contributed by atoms with E-state index in [1.807, 2.05) is 61.5 Å². The number of rotatable bonds is 6. The molecule has 0 spiro atoms. The van der Waals surface area contributed by atoms with Gasteiger partial charge in [0.15, 0.2) is 11.4 Å². The Kier molecular flexibility index (Phi) is 5.03. The van der Waals surface area contributed by atoms with Crippen molar-refractivity contribution in [2.45, 2.75) is 25.4 Å². The van der Waals surface area contributed by atoms with Gasteiger partial charge in [-0.25, -0.2) is 0 Å². The van der Waals surface area contributed by atoms with E-state index in [9.17, 15) is 14.7 Å². The molecule has 1 heterocycles. The summed E-state index contributed by atoms with van der Waals surface area (Å²) in [6.07, 6.45) is 0.499. The van der Waals surface area contributed by atoms with Gasteiger partial charge in [0.2, 0.25) is 0 Å². The number of carbonyl (C=O) groups excluding carboxylic acids is 2. The maximum Gasteiger partial charge on any atom is 0.264 e. The van der Waals surface area contributed by atoms with Gasteiger partial charge in [-0.15, -0.1) is 0 Å². The summed E-state index contributed by atoms with van der Waals surface area (Å²) in [5, 5.41) is 11.3. The summed E-state index contributed by atoms with van der Waals surface area (Å²) in [7, 11) is 0. The van der Waals surface area contributed by atoms with Crippen molar-refractivity contribution >= 4 is 17.4 Å². The molecule has 29 heavy (non-hydrogen) atoms. The van der Waals surface area contributed by atoms with Crippen LogP contribution in [-0.4, -0.2) is 23.3 Å². The minimum Gasteiger partial charge on any atom is -0.375 e. The van der Waals surface area contributed by atoms with E-state index in [-0.39, 0.29) is 12.2 Å². The van der Waals surface area contributed by atoms with Gasteiger partial charge in [-0.2, -0.15) is 0 Å². The molecule has 0 fully saturated rings. The fourth-order valence-electron chi connectivity index (χ4n) is 3.94. The summed E-state index contributed by atoms with van der Waals surface area (Å²) >= 11 is 0. The molecule has 0 saturated heterocycles. The monoisotopic (exact) mass is 385 g/mol. The number of anilines is 1. The third-order valence-electron chi connectivity index (χ3n) is 5.42. The molecule has 1 atom stereocenters. The molecule has 1 aliphatic heterocycles. The van der Waals surface area contributed by atoms with E-state index in [1.165, 1.54) is 0 Å². The van der Waals surface area contributed by atoms with Gasteiger partial charge in [0.1, 0.15) is 0 Å². The second kappa shape index (κ2) is 7.64. The van der Waals surface area contributed by atoms with Crippen LogP contribution in [0.5, 0.6) is 0 Å². The second-order valence-electron chi connectivity index (χ2n) is 7.38. The number of Topliss-reactive ketones (excluding diaryl/α,β-unsaturated/α-hetero) is 1. The highest BCUT2D eigenvalue weighted by Gasteiger charge is 2.50. The van der Waals surface area contributed by atoms with Gasteiger partial charge < -0.3 is 10.0 Å². The molecule has 4 nitrogen and oxygen atoms in total. The predicted octanol–water partition coefficient (Wildman–Crippen LogP) is 4.57. The van der Waals surface area contributed by atoms with Crippen LogP contribution in [0.25, 0.3) is 11.1 Å². The predicted molar refractivity (Wildman–Crippen MR) is 114 cm³/mol. The Morgan fingerprint density at radius 1 is 0.897 bits per heavy atom. The average molecular weight is 385 g/mol. The van der Waals surface area contributed by atoms with Crippen LogP contribution >= 0.6 is 0 Å². The second-order valence-corrected chi connectivity index (χ2v) is 7.38. The Hall–Kier alpha value is -3.24. The molecule has 3 aromatic rings. The van der Waals surface area contributed by atoms with Gasteiger partial charge in [-0.05, 0) is 23.6 Å². The molecule has 4 heteroatoms. The van der Waals surface area contributed by atoms with Crippen LogP contribution in [0.4, 0.5) is 5.69 Å². The summed E-state index contributed by atoms with van der Waals surface area (Å²) in [4.78, 5) is 27.5. The van der Waals surface area contributed by atoms with E-state index in [0.29, 0.717) is 23.4 Å². The van der Waals surface area contributed by atoms with Gasteiger partial charge in [0.25, 0.3) is 5.91 Å². The van der Waals surface area contributed by atoms with E-state index < -0.39 is 11.5 Å². The Morgan fingerprint density at radius 2 is 1.52 bits per heavy atom. The molecule has 0 radical (unpaired) electrons. The highest BCUT2D eigenvalue weighted by Crippen LogP contribution is 2.42. The maximum absolute atomic E-state index is 13.0. The van der Waals surface area contributed by atoms with Crippen LogP contribution in [-0.2, 0) is 10.4 Å². The van der Waals surface area contributed by atoms with Crippen molar-refractivity contribution in [3.8, 4) is 11.1 Å². The van der Waals surface area contributed by atoms with Crippen LogP contribution in [0.3, 0.4) is 0 Å². The van der Waals surface area contributed by atoms with Crippen LogP contribution in [0.1, 0.15) is 35.7 Å². The molecule has 0 aliphatic carbocycles. The Bertz CT molecular complexity index is 1040. The molecule has 0 unspecified atom stereocenters. The first-order chi connectivity index (χ1) is 14.0. The number of hydrogen-bond donors (Lipinski definition) is 1. The average Bonchev–Trinajstić information content (AvgIpc) is 2.97. The van der Waals surface area contributed by atoms with Crippen molar-refractivity contribution in [3.05, 3.63) is 90.0 Å². The molecule has 0 aromatic heterocycles. The molecular formula is C25H23NO3. The number of fused-ring (bicyclic) bond motifs is 1. The Labute approximate surface area is 170 Å². The fourth-order valence-corrected chi connectivity index (χ4v) is 3.94. The standard InChI is InChI=1S/C25H23NO3/c1-2-16-26-22-11-7-6-10-21(22)25(29,24(26)28)17-23(27)20-14-12-19(13-15-20)18-8-4-3-5-9-18/h3-15,29H,2,16-17H2,1H3/t25-/m1/s1. The molecule has 1 N–H and O–H groups in total. The molecule has 0 saturated carbocycles. The van der Waals surface area contributed by atoms with E-state index in [1.54, 1.807) is 29.2 Å². The highest BCUT2D eigenvalue weighted by atomic mass is 16.3. The van der Waals surface area contributed by atoms with Crippen molar-refractivity contribution in [1.29, 1.82) is 0 Å². The molecule has 0 bridgehead atoms. The van der Waals surface area contributed by atoms with Crippen LogP contribution in [0, 0.1) is 0 Å². The van der Waals surface area contributed by atoms with Crippen molar-refractivity contribution in [2.75, 3.05) is 11.4 Å². The number of ketones is 1. The van der Waals surface area contributed by atoms with Crippen LogP contribution < -0.4 is 4.90 Å². The van der Waals surface area contributed by atoms with Gasteiger partial charge in [0, 0.05) is 17.7 Å². The van der Waals surface area contributed by atoms with E-state index >= 15 is 0 Å². The SMILES string of the molecule is CCCN1C(=O)[C@@](O)(CC(=O)c2ccc(-c3ccccc3)cc2)c2ccccc21. The number of hydrogen-bond acceptors (Lipinski definition) is 3. The first-order valence-corrected chi connectivity index (χ1v) is 9.87. The lowest BCUT2D eigenvalue weighted by Gasteiger charge is -2.22. The van der Waals surface area contributed by atoms with Crippen molar-refractivity contribution in [2.24, 2.45) is 0 Å². The number of para-hydroxylation sites is 1. The first kappa shape index (κ1) is 19.1. The molecule has 4 rings (SSSR count). The minimum atomic E-state index is -1.82. The third-order valence-corrected chi connectivity index (χ3v) is 5.42. The Balaban J connectivity index is 1.60. The number of nitrogens with zero attached hydrogens (tertiary/aromatic N) is 1. The molecular weight excluding hydrogens is 362 g/mol. The number of carbonyl (C=O) groups is 2. The van der Waals surface area contributed by atoms with Crippen molar-refractivity contribution in [3.63, 3.8) is 0 Å². The van der Waals surface area contributed by atoms with Crippen molar-refractivity contribution < 1.29 is 14.7 Å². The van der Waals surface area contributed by atoms with Gasteiger partial charge in [0.05, 0.1) is 12.1 Å². The number of benzene rings is 3. The first-order valence-electron chi connectivity index (χ1n) is 9.87. The number of aliphatic hydroxyl groups is 1. The smallest absolute Gasteiger partial charge is 0.264 e. The quantitative estimate of drug-likeness (QED) is 0.633. The molecule has 1 aliphatic rings. The number of amides is 1. The third kappa shape index (κ3) is 3.36. The molecule has 146 valence electrons. The largest absolute Gasteiger partial charge is 0.375 e. The van der Waals surface area contributed by atoms with Crippen molar-refractivity contribution in [1.82, 2.24) is 0 Å². The van der Waals surface area contributed by atoms with Crippen LogP contribution in [0.2, 0.25) is 0 Å². The summed E-state index contributed by atoms with van der Waals surface area (Å²) in [6.45, 7) is 2.49. The maximum atomic E-state index is 13.0. The normalized spacial score (nSPS) is 18.0. The Morgan fingerprint density at radius 3 is 2.21 bits per heavy atom. The summed E-state index contributed by atoms with van der Waals surface area (Å²) in [5.74, 6) is -0.677. The minimum absolute atomic E-state index is 0.256. The zero-order chi connectivity index (χ0) is 20.4. The van der Waals surface area contributed by atoms with Gasteiger partial charge >= 0.3 is 0 Å². The summed E-state index contributed by atoms with van der Waals surface area (Å²) in [5.41, 5.74) is 1.94. The van der Waals surface area contributed by atoms with E-state index in [0.717, 1.165) is 17.5 Å². The lowest BCUT2D eigenvalue weighted by Crippen LogP contribution is -2.42. The highest BCUT2D eigenvalue weighted by molar-refractivity contribution is 6.10. The van der Waals surface area contributed by atoms with E-state index in [2.05, 4.69) is 0 Å². The van der Waals surface area contributed by atoms with Gasteiger partial charge in [-0.1, -0.05) is 79.7 Å². The molecule has 3 aromatic carbocycles. The van der Waals surface area contributed by atoms with Gasteiger partial charge in [-0.3, -0.25) is 9.59 Å². The molecule has 1 amide bonds. The lowest BCUT2D eigenvalue weighted by molar-refractivity contribution is -0.135. The summed E-state index contributed by atoms with van der Waals surface area (Å²) in [6, 6.07) is 24.4. The summed E-state index contributed by atoms with van der Waals surface area (Å²) < 4.78 is 0. The fraction of sp³-hybridized carbons (Fsp3) is 0.200. The zero-order valence-corrected chi connectivity index (χ0v) is 16.3. The zero-order valence-electron chi connectivity index (χ0n) is 16.3. The lowest BCUT2D eigenvalue weighted by atomic mass is 9.88. The topological polar surface area (TPSA) is 57.6 Å². The van der Waals surface area contributed by atoms with E-state index in [4.69, 9.17) is 0 Å².